The molecule has 2 aromatic rings. The molecule has 1 aliphatic heterocycles. The lowest BCUT2D eigenvalue weighted by Crippen LogP contribution is -2.24. The van der Waals surface area contributed by atoms with E-state index in [0.29, 0.717) is 23.5 Å². The van der Waals surface area contributed by atoms with Gasteiger partial charge in [0, 0.05) is 24.5 Å². The van der Waals surface area contributed by atoms with Gasteiger partial charge in [-0.25, -0.2) is 0 Å². The molecule has 20 heavy (non-hydrogen) atoms. The lowest BCUT2D eigenvalue weighted by Gasteiger charge is -2.17. The summed E-state index contributed by atoms with van der Waals surface area (Å²) in [5.74, 6) is 0.0535. The first-order valence-corrected chi connectivity index (χ1v) is 6.77. The predicted octanol–water partition coefficient (Wildman–Crippen LogP) is 1.17. The van der Waals surface area contributed by atoms with E-state index >= 15 is 0 Å². The zero-order valence-electron chi connectivity index (χ0n) is 10.7. The van der Waals surface area contributed by atoms with E-state index in [1.54, 1.807) is 6.20 Å². The van der Waals surface area contributed by atoms with Gasteiger partial charge in [0.2, 0.25) is 5.91 Å². The number of thiocarbonyl (C=S) groups is 1. The topological polar surface area (TPSA) is 80.0 Å². The van der Waals surface area contributed by atoms with Crippen LogP contribution in [-0.4, -0.2) is 28.5 Å². The van der Waals surface area contributed by atoms with Gasteiger partial charge in [-0.05, 0) is 6.07 Å². The number of nitrogens with one attached hydrogen (secondary N) is 2. The average Bonchev–Trinajstić information content (AvgIpc) is 2.84. The number of hydrogen-bond donors (Lipinski definition) is 3. The number of para-hydroxylation sites is 1. The van der Waals surface area contributed by atoms with E-state index in [1.807, 2.05) is 24.3 Å². The van der Waals surface area contributed by atoms with E-state index in [2.05, 4.69) is 15.6 Å². The van der Waals surface area contributed by atoms with Crippen LogP contribution in [0.4, 0.5) is 5.69 Å². The van der Waals surface area contributed by atoms with E-state index in [9.17, 15) is 4.79 Å². The number of hydrogen-bond acceptors (Lipinski definition) is 4. The highest BCUT2D eigenvalue weighted by Gasteiger charge is 2.23. The number of benzene rings is 1. The molecular weight excluding hydrogens is 272 g/mol. The number of nitrogens with zero attached hydrogens (tertiary/aromatic N) is 1. The fraction of sp³-hybridized carbons (Fsp3) is 0.214. The summed E-state index contributed by atoms with van der Waals surface area (Å²) in [7, 11) is 0. The summed E-state index contributed by atoms with van der Waals surface area (Å²) in [6, 6.07) is 7.82. The Hall–Kier alpha value is -2.21. The van der Waals surface area contributed by atoms with Crippen molar-refractivity contribution in [2.24, 2.45) is 5.73 Å². The van der Waals surface area contributed by atoms with Crippen molar-refractivity contribution < 1.29 is 4.79 Å². The van der Waals surface area contributed by atoms with Gasteiger partial charge in [0.1, 0.15) is 4.99 Å². The first-order valence-electron chi connectivity index (χ1n) is 6.36. The van der Waals surface area contributed by atoms with Crippen LogP contribution in [0.5, 0.6) is 0 Å². The predicted molar refractivity (Wildman–Crippen MR) is 82.7 cm³/mol. The molecule has 1 amide bonds. The van der Waals surface area contributed by atoms with E-state index in [1.165, 1.54) is 0 Å². The summed E-state index contributed by atoms with van der Waals surface area (Å²) >= 11 is 5.09. The van der Waals surface area contributed by atoms with Crippen LogP contribution in [-0.2, 0) is 4.79 Å². The van der Waals surface area contributed by atoms with Crippen molar-refractivity contribution in [1.29, 1.82) is 0 Å². The van der Waals surface area contributed by atoms with Crippen LogP contribution in [0.2, 0.25) is 0 Å². The molecule has 1 aliphatic rings. The molecule has 2 heterocycles. The van der Waals surface area contributed by atoms with Crippen LogP contribution in [0.15, 0.2) is 30.5 Å². The van der Waals surface area contributed by atoms with Crippen molar-refractivity contribution in [2.75, 3.05) is 11.9 Å². The second-order valence-electron chi connectivity index (χ2n) is 4.78. The smallest absolute Gasteiger partial charge is 0.222 e. The summed E-state index contributed by atoms with van der Waals surface area (Å²) in [6.07, 6.45) is 2.13. The van der Waals surface area contributed by atoms with Crippen molar-refractivity contribution in [3.8, 4) is 0 Å². The molecule has 1 aromatic heterocycles. The van der Waals surface area contributed by atoms with Gasteiger partial charge >= 0.3 is 0 Å². The van der Waals surface area contributed by atoms with Gasteiger partial charge in [0.05, 0.1) is 22.8 Å². The first-order chi connectivity index (χ1) is 9.65. The molecular formula is C14H14N4OS. The minimum atomic E-state index is 0.0430. The molecule has 4 N–H and O–H groups in total. The number of anilines is 1. The summed E-state index contributed by atoms with van der Waals surface area (Å²) in [6.45, 7) is 0.603. The van der Waals surface area contributed by atoms with Gasteiger partial charge in [-0.3, -0.25) is 9.78 Å². The quantitative estimate of drug-likeness (QED) is 0.738. The maximum absolute atomic E-state index is 11.3. The van der Waals surface area contributed by atoms with Crippen molar-refractivity contribution in [3.05, 3.63) is 36.0 Å². The average molecular weight is 286 g/mol. The number of pyridine rings is 1. The van der Waals surface area contributed by atoms with E-state index in [0.717, 1.165) is 16.6 Å². The van der Waals surface area contributed by atoms with Crippen LogP contribution in [0.25, 0.3) is 10.9 Å². The molecule has 102 valence electrons. The van der Waals surface area contributed by atoms with Gasteiger partial charge in [0.15, 0.2) is 0 Å². The third-order valence-corrected chi connectivity index (χ3v) is 3.59. The highest BCUT2D eigenvalue weighted by molar-refractivity contribution is 7.80. The highest BCUT2D eigenvalue weighted by atomic mass is 32.1. The molecule has 1 fully saturated rings. The third kappa shape index (κ3) is 2.30. The Bertz CT molecular complexity index is 701. The number of fused-ring (bicyclic) bond motifs is 1. The van der Waals surface area contributed by atoms with Gasteiger partial charge in [-0.2, -0.15) is 0 Å². The van der Waals surface area contributed by atoms with Gasteiger partial charge in [-0.1, -0.05) is 30.4 Å². The maximum atomic E-state index is 11.3. The summed E-state index contributed by atoms with van der Waals surface area (Å²) in [5.41, 5.74) is 8.20. The number of carbonyl (C=O) groups is 1. The Morgan fingerprint density at radius 3 is 2.95 bits per heavy atom. The maximum Gasteiger partial charge on any atom is 0.222 e. The Balaban J connectivity index is 2.07. The number of aromatic nitrogens is 1. The van der Waals surface area contributed by atoms with Crippen molar-refractivity contribution >= 4 is 39.7 Å². The number of nitrogens with two attached hydrogens (primary N) is 1. The normalized spacial score (nSPS) is 18.0. The highest BCUT2D eigenvalue weighted by Crippen LogP contribution is 2.27. The minimum absolute atomic E-state index is 0.0430. The molecule has 6 heteroatoms. The lowest BCUT2D eigenvalue weighted by molar-refractivity contribution is -0.119. The Morgan fingerprint density at radius 2 is 2.25 bits per heavy atom. The zero-order chi connectivity index (χ0) is 14.1. The standard InChI is InChI=1S/C14H14N4OS/c15-14(20)10-7-16-11-4-2-1-3-9(11)13(10)18-8-5-12(19)17-6-8/h1-4,7-8H,5-6H2,(H2,15,20)(H,16,18)(H,17,19). The molecule has 0 aliphatic carbocycles. The van der Waals surface area contributed by atoms with Crippen LogP contribution in [0.1, 0.15) is 12.0 Å². The van der Waals surface area contributed by atoms with Crippen LogP contribution >= 0.6 is 12.2 Å². The molecule has 0 radical (unpaired) electrons. The van der Waals surface area contributed by atoms with Crippen LogP contribution < -0.4 is 16.4 Å². The largest absolute Gasteiger partial charge is 0.389 e. The Labute approximate surface area is 121 Å². The van der Waals surface area contributed by atoms with Gasteiger partial charge < -0.3 is 16.4 Å². The van der Waals surface area contributed by atoms with Crippen molar-refractivity contribution in [2.45, 2.75) is 12.5 Å². The van der Waals surface area contributed by atoms with Crippen LogP contribution in [0, 0.1) is 0 Å². The molecule has 5 nitrogen and oxygen atoms in total. The van der Waals surface area contributed by atoms with E-state index in [4.69, 9.17) is 18.0 Å². The Morgan fingerprint density at radius 1 is 1.45 bits per heavy atom. The van der Waals surface area contributed by atoms with Crippen molar-refractivity contribution in [1.82, 2.24) is 10.3 Å². The Kier molecular flexibility index (Phi) is 3.23. The van der Waals surface area contributed by atoms with Crippen molar-refractivity contribution in [3.63, 3.8) is 0 Å². The summed E-state index contributed by atoms with van der Waals surface area (Å²) < 4.78 is 0. The molecule has 3 rings (SSSR count). The van der Waals surface area contributed by atoms with E-state index in [-0.39, 0.29) is 11.9 Å². The molecule has 1 saturated heterocycles. The second-order valence-corrected chi connectivity index (χ2v) is 5.22. The summed E-state index contributed by atoms with van der Waals surface area (Å²) in [4.78, 5) is 16.0. The van der Waals surface area contributed by atoms with E-state index < -0.39 is 0 Å². The fourth-order valence-corrected chi connectivity index (χ4v) is 2.55. The zero-order valence-corrected chi connectivity index (χ0v) is 11.5. The SMILES string of the molecule is NC(=S)c1cnc2ccccc2c1NC1CNC(=O)C1. The second kappa shape index (κ2) is 5.05. The van der Waals surface area contributed by atoms with Crippen LogP contribution in [0.3, 0.4) is 0 Å². The minimum Gasteiger partial charge on any atom is -0.389 e. The summed E-state index contributed by atoms with van der Waals surface area (Å²) in [5, 5.41) is 7.13. The lowest BCUT2D eigenvalue weighted by atomic mass is 10.1. The number of carbonyl (C=O) groups excluding carboxylic acids is 1. The molecule has 1 aromatic carbocycles. The monoisotopic (exact) mass is 286 g/mol. The van der Waals surface area contributed by atoms with Gasteiger partial charge in [-0.15, -0.1) is 0 Å². The fourth-order valence-electron chi connectivity index (χ4n) is 2.40. The number of rotatable bonds is 3. The third-order valence-electron chi connectivity index (χ3n) is 3.37. The molecule has 1 unspecified atom stereocenters. The molecule has 0 bridgehead atoms. The molecule has 0 spiro atoms. The molecule has 0 saturated carbocycles. The molecule has 1 atom stereocenters. The van der Waals surface area contributed by atoms with Gasteiger partial charge in [0.25, 0.3) is 0 Å². The number of amides is 1. The first kappa shape index (κ1) is 12.8.